The smallest absolute Gasteiger partial charge is 0.346 e. The molecule has 204 valence electrons. The molecule has 0 atom stereocenters. The Labute approximate surface area is 227 Å². The molecule has 0 aliphatic heterocycles. The van der Waals surface area contributed by atoms with Crippen LogP contribution in [0, 0.1) is 5.82 Å². The van der Waals surface area contributed by atoms with Gasteiger partial charge in [0.2, 0.25) is 0 Å². The number of likely N-dealkylation sites (N-methyl/N-ethyl adjacent to an activating group) is 1. The van der Waals surface area contributed by atoms with Gasteiger partial charge in [0.1, 0.15) is 23.9 Å². The predicted octanol–water partition coefficient (Wildman–Crippen LogP) is 7.19. The predicted molar refractivity (Wildman–Crippen MR) is 148 cm³/mol. The molecule has 0 saturated heterocycles. The lowest BCUT2D eigenvalue weighted by atomic mass is 10.2. The fourth-order valence-corrected chi connectivity index (χ4v) is 3.46. The lowest BCUT2D eigenvalue weighted by Crippen LogP contribution is -2.27. The number of unbranched alkanes of at least 4 members (excludes halogenated alkanes) is 1. The van der Waals surface area contributed by atoms with Crippen molar-refractivity contribution in [1.29, 1.82) is 0 Å². The summed E-state index contributed by atoms with van der Waals surface area (Å²) in [6.45, 7) is 9.57. The molecule has 0 heterocycles. The Hall–Kier alpha value is -4.53. The van der Waals surface area contributed by atoms with E-state index in [2.05, 4.69) is 23.7 Å². The second-order valence-electron chi connectivity index (χ2n) is 8.39. The van der Waals surface area contributed by atoms with Crippen molar-refractivity contribution in [3.8, 4) is 11.5 Å². The highest BCUT2D eigenvalue weighted by molar-refractivity contribution is 5.91. The molecule has 3 rings (SSSR count). The van der Waals surface area contributed by atoms with Crippen molar-refractivity contribution in [1.82, 2.24) is 0 Å². The van der Waals surface area contributed by atoms with Gasteiger partial charge in [0.15, 0.2) is 0 Å². The zero-order valence-corrected chi connectivity index (χ0v) is 22.1. The maximum atomic E-state index is 14.7. The summed E-state index contributed by atoms with van der Waals surface area (Å²) < 4.78 is 30.6. The third kappa shape index (κ3) is 9.07. The van der Waals surface area contributed by atoms with Crippen LogP contribution in [0.15, 0.2) is 89.6 Å². The van der Waals surface area contributed by atoms with Gasteiger partial charge in [0.25, 0.3) is 0 Å². The van der Waals surface area contributed by atoms with Crippen molar-refractivity contribution in [2.24, 2.45) is 10.2 Å². The van der Waals surface area contributed by atoms with Crippen LogP contribution in [0.5, 0.6) is 11.5 Å². The number of ether oxygens (including phenoxy) is 3. The first-order valence-corrected chi connectivity index (χ1v) is 12.7. The van der Waals surface area contributed by atoms with Gasteiger partial charge in [-0.25, -0.2) is 14.0 Å². The van der Waals surface area contributed by atoms with E-state index in [9.17, 15) is 14.0 Å². The molecular weight excluding hydrogens is 501 g/mol. The maximum Gasteiger partial charge on any atom is 0.346 e. The second kappa shape index (κ2) is 15.0. The van der Waals surface area contributed by atoms with Crippen molar-refractivity contribution < 1.29 is 28.2 Å². The molecule has 0 aliphatic rings. The van der Waals surface area contributed by atoms with E-state index in [4.69, 9.17) is 14.2 Å². The highest BCUT2D eigenvalue weighted by Gasteiger charge is 2.15. The first-order chi connectivity index (χ1) is 18.9. The molecule has 3 aromatic carbocycles. The number of carbonyl (C=O) groups excluding carboxylic acids is 2. The lowest BCUT2D eigenvalue weighted by Gasteiger charge is -2.22. The number of benzene rings is 3. The number of anilines is 1. The summed E-state index contributed by atoms with van der Waals surface area (Å²) in [5.41, 5.74) is 1.54. The van der Waals surface area contributed by atoms with Gasteiger partial charge in [0.05, 0.1) is 30.1 Å². The molecule has 8 nitrogen and oxygen atoms in total. The molecule has 0 spiro atoms. The zero-order chi connectivity index (χ0) is 28.0. The minimum absolute atomic E-state index is 0.208. The van der Waals surface area contributed by atoms with Crippen molar-refractivity contribution in [2.75, 3.05) is 31.2 Å². The van der Waals surface area contributed by atoms with E-state index in [0.29, 0.717) is 24.6 Å². The van der Waals surface area contributed by atoms with E-state index < -0.39 is 17.8 Å². The summed E-state index contributed by atoms with van der Waals surface area (Å²) in [7, 11) is 0. The van der Waals surface area contributed by atoms with Crippen LogP contribution < -0.4 is 14.4 Å². The van der Waals surface area contributed by atoms with Crippen LogP contribution >= 0.6 is 0 Å². The van der Waals surface area contributed by atoms with Crippen LogP contribution in [0.3, 0.4) is 0 Å². The third-order valence-electron chi connectivity index (χ3n) is 5.62. The van der Waals surface area contributed by atoms with Crippen molar-refractivity contribution in [2.45, 2.75) is 26.7 Å². The van der Waals surface area contributed by atoms with Crippen molar-refractivity contribution >= 4 is 29.0 Å². The summed E-state index contributed by atoms with van der Waals surface area (Å²) in [5, 5.41) is 8.22. The molecule has 0 amide bonds. The summed E-state index contributed by atoms with van der Waals surface area (Å²) >= 11 is 0. The standard InChI is InChI=1S/C30H32FN3O5/c1-4-7-19-37-25-13-15-26(16-14-25)39-30(36)27-17-10-23(21-28(27)31)33-32-22-8-11-24(12-9-22)34(6-3)18-20-38-29(35)5-2/h5,8-17,21H,2,4,6-7,18-20H2,1,3H3. The number of nitrogens with zero attached hydrogens (tertiary/aromatic N) is 3. The van der Waals surface area contributed by atoms with E-state index in [0.717, 1.165) is 37.2 Å². The van der Waals surface area contributed by atoms with Gasteiger partial charge in [0, 0.05) is 24.4 Å². The van der Waals surface area contributed by atoms with Crippen LogP contribution in [0.4, 0.5) is 21.5 Å². The van der Waals surface area contributed by atoms with E-state index >= 15 is 0 Å². The van der Waals surface area contributed by atoms with Crippen LogP contribution in [-0.2, 0) is 9.53 Å². The Morgan fingerprint density at radius 3 is 2.23 bits per heavy atom. The Kier molecular flexibility index (Phi) is 11.2. The maximum absolute atomic E-state index is 14.7. The summed E-state index contributed by atoms with van der Waals surface area (Å²) in [4.78, 5) is 25.7. The molecule has 0 bridgehead atoms. The fraction of sp³-hybridized carbons (Fsp3) is 0.267. The Morgan fingerprint density at radius 1 is 0.923 bits per heavy atom. The molecular formula is C30H32FN3O5. The van der Waals surface area contributed by atoms with Gasteiger partial charge in [-0.2, -0.15) is 10.2 Å². The van der Waals surface area contributed by atoms with Crippen LogP contribution in [0.1, 0.15) is 37.0 Å². The van der Waals surface area contributed by atoms with Crippen molar-refractivity contribution in [3.05, 3.63) is 90.8 Å². The quantitative estimate of drug-likeness (QED) is 0.0716. The fourth-order valence-electron chi connectivity index (χ4n) is 3.46. The molecule has 39 heavy (non-hydrogen) atoms. The van der Waals surface area contributed by atoms with E-state index in [1.165, 1.54) is 12.1 Å². The zero-order valence-electron chi connectivity index (χ0n) is 22.1. The molecule has 0 N–H and O–H groups in total. The minimum Gasteiger partial charge on any atom is -0.494 e. The van der Waals surface area contributed by atoms with E-state index in [1.807, 2.05) is 24.0 Å². The lowest BCUT2D eigenvalue weighted by molar-refractivity contribution is -0.137. The van der Waals surface area contributed by atoms with E-state index in [1.54, 1.807) is 36.4 Å². The third-order valence-corrected chi connectivity index (χ3v) is 5.62. The SMILES string of the molecule is C=CC(=O)OCCN(CC)c1ccc(N=Nc2ccc(C(=O)Oc3ccc(OCCCC)cc3)c(F)c2)cc1. The highest BCUT2D eigenvalue weighted by atomic mass is 19.1. The molecule has 3 aromatic rings. The molecule has 0 unspecified atom stereocenters. The van der Waals surface area contributed by atoms with Crippen LogP contribution in [0.2, 0.25) is 0 Å². The van der Waals surface area contributed by atoms with Gasteiger partial charge in [-0.1, -0.05) is 19.9 Å². The normalized spacial score (nSPS) is 10.7. The average Bonchev–Trinajstić information content (AvgIpc) is 2.95. The van der Waals surface area contributed by atoms with Crippen molar-refractivity contribution in [3.63, 3.8) is 0 Å². The highest BCUT2D eigenvalue weighted by Crippen LogP contribution is 2.25. The summed E-state index contributed by atoms with van der Waals surface area (Å²) in [6, 6.07) is 17.8. The van der Waals surface area contributed by atoms with Gasteiger partial charge >= 0.3 is 11.9 Å². The Balaban J connectivity index is 1.57. The van der Waals surface area contributed by atoms with Gasteiger partial charge in [-0.3, -0.25) is 0 Å². The average molecular weight is 534 g/mol. The molecule has 9 heteroatoms. The topological polar surface area (TPSA) is 89.8 Å². The molecule has 0 fully saturated rings. The van der Waals surface area contributed by atoms with Gasteiger partial charge < -0.3 is 19.1 Å². The Bertz CT molecular complexity index is 1280. The van der Waals surface area contributed by atoms with Gasteiger partial charge in [-0.15, -0.1) is 0 Å². The number of halogens is 1. The molecule has 0 aromatic heterocycles. The number of azo groups is 1. The first kappa shape index (κ1) is 29.0. The Morgan fingerprint density at radius 2 is 1.59 bits per heavy atom. The van der Waals surface area contributed by atoms with Crippen LogP contribution in [0.25, 0.3) is 0 Å². The molecule has 0 radical (unpaired) electrons. The first-order valence-electron chi connectivity index (χ1n) is 12.7. The second-order valence-corrected chi connectivity index (χ2v) is 8.39. The number of carbonyl (C=O) groups is 2. The molecule has 0 aliphatic carbocycles. The summed E-state index contributed by atoms with van der Waals surface area (Å²) in [5.74, 6) is -1.07. The number of esters is 2. The van der Waals surface area contributed by atoms with Crippen LogP contribution in [-0.4, -0.2) is 38.2 Å². The van der Waals surface area contributed by atoms with E-state index in [-0.39, 0.29) is 23.6 Å². The number of hydrogen-bond acceptors (Lipinski definition) is 8. The summed E-state index contributed by atoms with van der Waals surface area (Å²) in [6.07, 6.45) is 3.12. The molecule has 0 saturated carbocycles. The minimum atomic E-state index is -0.814. The largest absolute Gasteiger partial charge is 0.494 e. The number of rotatable bonds is 14. The monoisotopic (exact) mass is 533 g/mol. The number of hydrogen-bond donors (Lipinski definition) is 0. The van der Waals surface area contributed by atoms with Gasteiger partial charge in [-0.05, 0) is 74.0 Å².